The molecule has 0 aliphatic carbocycles. The molecule has 0 radical (unpaired) electrons. The van der Waals surface area contributed by atoms with Crippen molar-refractivity contribution < 1.29 is 9.15 Å². The molecule has 6 nitrogen and oxygen atoms in total. The van der Waals surface area contributed by atoms with Crippen molar-refractivity contribution >= 4 is 23.3 Å². The maximum Gasteiger partial charge on any atom is 0.264 e. The minimum absolute atomic E-state index is 0. The van der Waals surface area contributed by atoms with Crippen molar-refractivity contribution in [1.82, 2.24) is 14.8 Å². The number of rotatable bonds is 4. The van der Waals surface area contributed by atoms with Gasteiger partial charge in [0.05, 0.1) is 12.6 Å². The Balaban J connectivity index is 0.00000196. The number of halogens is 1. The largest absolute Gasteiger partial charge is 0.497 e. The van der Waals surface area contributed by atoms with Gasteiger partial charge in [-0.05, 0) is 42.0 Å². The maximum atomic E-state index is 5.71. The lowest BCUT2D eigenvalue weighted by Crippen LogP contribution is -1.99. The van der Waals surface area contributed by atoms with Crippen molar-refractivity contribution in [3.8, 4) is 23.0 Å². The highest BCUT2D eigenvalue weighted by atomic mass is 35.5. The van der Waals surface area contributed by atoms with Crippen LogP contribution < -0.4 is 10.5 Å². The highest BCUT2D eigenvalue weighted by molar-refractivity contribution is 5.89. The number of methoxy groups -OCH3 is 1. The van der Waals surface area contributed by atoms with E-state index in [1.807, 2.05) is 48.5 Å². The van der Waals surface area contributed by atoms with E-state index in [1.165, 1.54) is 0 Å². The lowest BCUT2D eigenvalue weighted by Gasteiger charge is -2.10. The molecular weight excluding hydrogens is 352 g/mol. The first-order chi connectivity index (χ1) is 12.2. The van der Waals surface area contributed by atoms with Gasteiger partial charge >= 0.3 is 0 Å². The summed E-state index contributed by atoms with van der Waals surface area (Å²) in [6.07, 6.45) is 0. The van der Waals surface area contributed by atoms with Gasteiger partial charge in [0.2, 0.25) is 5.89 Å². The molecular formula is C19H19ClN4O2. The molecule has 0 bridgehead atoms. The Labute approximate surface area is 157 Å². The summed E-state index contributed by atoms with van der Waals surface area (Å²) in [4.78, 5) is 0. The molecule has 0 unspecified atom stereocenters. The van der Waals surface area contributed by atoms with Crippen LogP contribution in [0.4, 0.5) is 0 Å². The molecule has 0 atom stereocenters. The van der Waals surface area contributed by atoms with Crippen molar-refractivity contribution in [3.63, 3.8) is 0 Å². The molecule has 134 valence electrons. The van der Waals surface area contributed by atoms with E-state index in [0.717, 1.165) is 33.6 Å². The van der Waals surface area contributed by atoms with E-state index in [1.54, 1.807) is 14.0 Å². The number of fused-ring (bicyclic) bond motifs is 1. The van der Waals surface area contributed by atoms with E-state index >= 15 is 0 Å². The summed E-state index contributed by atoms with van der Waals surface area (Å²) in [5.74, 6) is 1.81. The smallest absolute Gasteiger partial charge is 0.264 e. The molecule has 7 heteroatoms. The number of hydrogen-bond acceptors (Lipinski definition) is 5. The third-order valence-electron chi connectivity index (χ3n) is 4.18. The minimum Gasteiger partial charge on any atom is -0.497 e. The first-order valence-corrected chi connectivity index (χ1v) is 7.99. The Morgan fingerprint density at radius 3 is 2.46 bits per heavy atom. The molecule has 0 saturated heterocycles. The van der Waals surface area contributed by atoms with Gasteiger partial charge < -0.3 is 19.5 Å². The lowest BCUT2D eigenvalue weighted by molar-refractivity contribution is 0.415. The van der Waals surface area contributed by atoms with E-state index in [4.69, 9.17) is 14.9 Å². The van der Waals surface area contributed by atoms with E-state index < -0.39 is 0 Å². The number of ether oxygens (including phenoxy) is 1. The van der Waals surface area contributed by atoms with Gasteiger partial charge in [-0.1, -0.05) is 12.1 Å². The van der Waals surface area contributed by atoms with Crippen LogP contribution in [0.3, 0.4) is 0 Å². The number of aromatic nitrogens is 3. The topological polar surface area (TPSA) is 79.1 Å². The zero-order valence-corrected chi connectivity index (χ0v) is 15.3. The quantitative estimate of drug-likeness (QED) is 0.589. The molecule has 0 saturated carbocycles. The van der Waals surface area contributed by atoms with Crippen molar-refractivity contribution in [3.05, 3.63) is 60.0 Å². The molecule has 4 aromatic rings. The molecule has 0 aliphatic heterocycles. The highest BCUT2D eigenvalue weighted by Gasteiger charge is 2.17. The fraction of sp³-hybridized carbons (Fsp3) is 0.158. The highest BCUT2D eigenvalue weighted by Crippen LogP contribution is 2.33. The van der Waals surface area contributed by atoms with Gasteiger partial charge in [0.1, 0.15) is 11.4 Å². The molecule has 2 aromatic heterocycles. The molecule has 26 heavy (non-hydrogen) atoms. The van der Waals surface area contributed by atoms with Crippen LogP contribution in [0.15, 0.2) is 52.9 Å². The summed E-state index contributed by atoms with van der Waals surface area (Å²) in [7, 11) is 1.66. The number of nitrogens with two attached hydrogens (primary N) is 1. The van der Waals surface area contributed by atoms with Gasteiger partial charge in [-0.15, -0.1) is 22.6 Å². The summed E-state index contributed by atoms with van der Waals surface area (Å²) in [5.41, 5.74) is 9.67. The number of nitrogens with zero attached hydrogens (tertiary/aromatic N) is 3. The van der Waals surface area contributed by atoms with Crippen LogP contribution in [-0.4, -0.2) is 21.9 Å². The van der Waals surface area contributed by atoms with E-state index in [-0.39, 0.29) is 12.4 Å². The molecule has 2 N–H and O–H groups in total. The second kappa shape index (κ2) is 7.19. The van der Waals surface area contributed by atoms with Gasteiger partial charge in [0.25, 0.3) is 5.89 Å². The fourth-order valence-corrected chi connectivity index (χ4v) is 2.94. The Kier molecular flexibility index (Phi) is 4.97. The Hall–Kier alpha value is -2.83. The number of hydrogen-bond donors (Lipinski definition) is 1. The number of benzene rings is 2. The normalized spacial score (nSPS) is 10.7. The van der Waals surface area contributed by atoms with Gasteiger partial charge in [-0.3, -0.25) is 0 Å². The second-order valence-electron chi connectivity index (χ2n) is 5.79. The van der Waals surface area contributed by atoms with Crippen molar-refractivity contribution in [2.24, 2.45) is 5.73 Å². The molecule has 4 rings (SSSR count). The molecule has 0 spiro atoms. The van der Waals surface area contributed by atoms with Gasteiger partial charge in [0, 0.05) is 24.5 Å². The average molecular weight is 371 g/mol. The Morgan fingerprint density at radius 1 is 1.08 bits per heavy atom. The average Bonchev–Trinajstić information content (AvgIpc) is 3.24. The maximum absolute atomic E-state index is 5.71. The summed E-state index contributed by atoms with van der Waals surface area (Å²) >= 11 is 0. The summed E-state index contributed by atoms with van der Waals surface area (Å²) < 4.78 is 13.1. The zero-order chi connectivity index (χ0) is 17.4. The summed E-state index contributed by atoms with van der Waals surface area (Å²) in [5, 5.41) is 9.18. The zero-order valence-electron chi connectivity index (χ0n) is 14.5. The van der Waals surface area contributed by atoms with Crippen LogP contribution >= 0.6 is 12.4 Å². The molecule has 2 heterocycles. The minimum atomic E-state index is 0. The second-order valence-corrected chi connectivity index (χ2v) is 5.79. The Morgan fingerprint density at radius 2 is 1.85 bits per heavy atom. The van der Waals surface area contributed by atoms with Crippen LogP contribution in [-0.2, 0) is 6.54 Å². The summed E-state index contributed by atoms with van der Waals surface area (Å²) in [6, 6.07) is 16.1. The Bertz CT molecular complexity index is 1040. The van der Waals surface area contributed by atoms with E-state index in [2.05, 4.69) is 14.8 Å². The molecule has 0 fully saturated rings. The van der Waals surface area contributed by atoms with Crippen LogP contribution in [0, 0.1) is 6.92 Å². The fourth-order valence-electron chi connectivity index (χ4n) is 2.94. The SMILES string of the molecule is COc1ccc2c(c1)cc(-c1nnc(C)o1)n2-c1ccc(CN)cc1.Cl. The van der Waals surface area contributed by atoms with Crippen molar-refractivity contribution in [2.45, 2.75) is 13.5 Å². The van der Waals surface area contributed by atoms with Crippen LogP contribution in [0.5, 0.6) is 5.75 Å². The molecule has 0 amide bonds. The van der Waals surface area contributed by atoms with E-state index in [9.17, 15) is 0 Å². The lowest BCUT2D eigenvalue weighted by atomic mass is 10.2. The molecule has 0 aliphatic rings. The third kappa shape index (κ3) is 3.05. The van der Waals surface area contributed by atoms with Crippen molar-refractivity contribution in [2.75, 3.05) is 7.11 Å². The van der Waals surface area contributed by atoms with Crippen LogP contribution in [0.2, 0.25) is 0 Å². The monoisotopic (exact) mass is 370 g/mol. The molecule has 2 aromatic carbocycles. The predicted octanol–water partition coefficient (Wildman–Crippen LogP) is 3.88. The van der Waals surface area contributed by atoms with Crippen LogP contribution in [0.25, 0.3) is 28.2 Å². The van der Waals surface area contributed by atoms with E-state index in [0.29, 0.717) is 18.3 Å². The standard InChI is InChI=1S/C19H18N4O2.ClH/c1-12-21-22-19(25-12)18-10-14-9-16(24-2)7-8-17(14)23(18)15-5-3-13(11-20)4-6-15;/h3-10H,11,20H2,1-2H3;1H. The number of aryl methyl sites for hydroxylation is 1. The van der Waals surface area contributed by atoms with Crippen LogP contribution in [0.1, 0.15) is 11.5 Å². The van der Waals surface area contributed by atoms with Gasteiger partial charge in [-0.2, -0.15) is 0 Å². The third-order valence-corrected chi connectivity index (χ3v) is 4.18. The van der Waals surface area contributed by atoms with Gasteiger partial charge in [0.15, 0.2) is 0 Å². The summed E-state index contributed by atoms with van der Waals surface area (Å²) in [6.45, 7) is 2.29. The first-order valence-electron chi connectivity index (χ1n) is 7.99. The van der Waals surface area contributed by atoms with Crippen molar-refractivity contribution in [1.29, 1.82) is 0 Å². The predicted molar refractivity (Wildman–Crippen MR) is 103 cm³/mol. The van der Waals surface area contributed by atoms with Gasteiger partial charge in [-0.25, -0.2) is 0 Å². The first kappa shape index (κ1) is 18.0.